The van der Waals surface area contributed by atoms with Gasteiger partial charge in [-0.25, -0.2) is 0 Å². The molecule has 0 amide bonds. The van der Waals surface area contributed by atoms with E-state index in [0.717, 1.165) is 24.8 Å². The van der Waals surface area contributed by atoms with E-state index in [9.17, 15) is 5.11 Å². The van der Waals surface area contributed by atoms with E-state index in [1.807, 2.05) is 6.92 Å². The van der Waals surface area contributed by atoms with Crippen LogP contribution in [0.1, 0.15) is 33.6 Å². The second-order valence-electron chi connectivity index (χ2n) is 5.67. The smallest absolute Gasteiger partial charge is 0.0756 e. The van der Waals surface area contributed by atoms with E-state index < -0.39 is 5.60 Å². The van der Waals surface area contributed by atoms with Gasteiger partial charge in [0.25, 0.3) is 0 Å². The van der Waals surface area contributed by atoms with Gasteiger partial charge in [0.15, 0.2) is 0 Å². The van der Waals surface area contributed by atoms with Crippen LogP contribution < -0.4 is 5.73 Å². The van der Waals surface area contributed by atoms with Gasteiger partial charge in [0.05, 0.1) is 5.60 Å². The Morgan fingerprint density at radius 2 is 2.13 bits per heavy atom. The second kappa shape index (κ2) is 4.81. The van der Waals surface area contributed by atoms with E-state index in [1.54, 1.807) is 0 Å². The number of hydrogen-bond donors (Lipinski definition) is 2. The van der Waals surface area contributed by atoms with E-state index in [2.05, 4.69) is 25.8 Å². The van der Waals surface area contributed by atoms with E-state index in [-0.39, 0.29) is 0 Å². The largest absolute Gasteiger partial charge is 0.389 e. The molecule has 1 aliphatic rings. The number of hydrogen-bond acceptors (Lipinski definition) is 3. The van der Waals surface area contributed by atoms with Crippen molar-refractivity contribution in [1.82, 2.24) is 4.90 Å². The van der Waals surface area contributed by atoms with Crippen molar-refractivity contribution >= 4 is 0 Å². The number of nitrogens with two attached hydrogens (primary N) is 1. The van der Waals surface area contributed by atoms with Crippen molar-refractivity contribution in [3.63, 3.8) is 0 Å². The van der Waals surface area contributed by atoms with Crippen molar-refractivity contribution in [1.29, 1.82) is 0 Å². The zero-order chi connectivity index (χ0) is 11.6. The van der Waals surface area contributed by atoms with Crippen LogP contribution in [0.3, 0.4) is 0 Å². The Hall–Kier alpha value is -0.120. The fraction of sp³-hybridized carbons (Fsp3) is 1.00. The first-order valence-corrected chi connectivity index (χ1v) is 5.98. The molecule has 4 unspecified atom stereocenters. The van der Waals surface area contributed by atoms with Crippen molar-refractivity contribution < 1.29 is 5.11 Å². The van der Waals surface area contributed by atoms with E-state index >= 15 is 0 Å². The molecule has 0 bridgehead atoms. The highest BCUT2D eigenvalue weighted by molar-refractivity contribution is 4.87. The van der Waals surface area contributed by atoms with Gasteiger partial charge in [0, 0.05) is 19.1 Å². The van der Waals surface area contributed by atoms with Gasteiger partial charge >= 0.3 is 0 Å². The first-order valence-electron chi connectivity index (χ1n) is 5.98. The van der Waals surface area contributed by atoms with Crippen LogP contribution in [0.5, 0.6) is 0 Å². The molecule has 1 fully saturated rings. The summed E-state index contributed by atoms with van der Waals surface area (Å²) in [4.78, 5) is 2.35. The molecule has 0 radical (unpaired) electrons. The summed E-state index contributed by atoms with van der Waals surface area (Å²) in [5.74, 6) is 1.77. The Balaban J connectivity index is 2.29. The minimum absolute atomic E-state index is 0.338. The molecule has 0 heterocycles. The van der Waals surface area contributed by atoms with Crippen molar-refractivity contribution in [2.24, 2.45) is 17.6 Å². The summed E-state index contributed by atoms with van der Waals surface area (Å²) in [6.07, 6.45) is 2.12. The van der Waals surface area contributed by atoms with Crippen molar-refractivity contribution in [2.75, 3.05) is 20.1 Å². The first-order chi connectivity index (χ1) is 6.85. The highest BCUT2D eigenvalue weighted by Crippen LogP contribution is 2.38. The van der Waals surface area contributed by atoms with Gasteiger partial charge in [-0.3, -0.25) is 0 Å². The average Bonchev–Trinajstić information content (AvgIpc) is 2.81. The monoisotopic (exact) mass is 214 g/mol. The standard InChI is InChI=1S/C12H26N2O/c1-9-5-11(9)7-14(4)10(2)6-12(3,15)8-13/h9-11,15H,5-8,13H2,1-4H3. The average molecular weight is 214 g/mol. The van der Waals surface area contributed by atoms with Gasteiger partial charge in [-0.2, -0.15) is 0 Å². The van der Waals surface area contributed by atoms with Gasteiger partial charge in [0.2, 0.25) is 0 Å². The van der Waals surface area contributed by atoms with Crippen molar-refractivity contribution in [2.45, 2.75) is 45.3 Å². The summed E-state index contributed by atoms with van der Waals surface area (Å²) in [5.41, 5.74) is 4.80. The predicted octanol–water partition coefficient (Wildman–Crippen LogP) is 1.06. The van der Waals surface area contributed by atoms with Crippen molar-refractivity contribution in [3.05, 3.63) is 0 Å². The van der Waals surface area contributed by atoms with Gasteiger partial charge in [-0.1, -0.05) is 6.92 Å². The molecule has 4 atom stereocenters. The van der Waals surface area contributed by atoms with E-state index in [1.165, 1.54) is 6.42 Å². The van der Waals surface area contributed by atoms with E-state index in [4.69, 9.17) is 5.73 Å². The third-order valence-corrected chi connectivity index (χ3v) is 3.73. The lowest BCUT2D eigenvalue weighted by atomic mass is 9.97. The summed E-state index contributed by atoms with van der Waals surface area (Å²) in [7, 11) is 2.14. The predicted molar refractivity (Wildman–Crippen MR) is 63.7 cm³/mol. The lowest BCUT2D eigenvalue weighted by Gasteiger charge is -2.31. The molecule has 1 rings (SSSR count). The Labute approximate surface area is 93.6 Å². The van der Waals surface area contributed by atoms with Crippen LogP contribution in [0.25, 0.3) is 0 Å². The molecule has 1 aliphatic carbocycles. The maximum Gasteiger partial charge on any atom is 0.0756 e. The zero-order valence-electron chi connectivity index (χ0n) is 10.5. The number of aliphatic hydroxyl groups is 1. The SMILES string of the molecule is CC1CC1CN(C)C(C)CC(C)(O)CN. The Bertz CT molecular complexity index is 206. The molecule has 0 aromatic carbocycles. The fourth-order valence-electron chi connectivity index (χ4n) is 2.08. The number of rotatable bonds is 6. The summed E-state index contributed by atoms with van der Waals surface area (Å²) >= 11 is 0. The zero-order valence-corrected chi connectivity index (χ0v) is 10.5. The van der Waals surface area contributed by atoms with Crippen molar-refractivity contribution in [3.8, 4) is 0 Å². The minimum Gasteiger partial charge on any atom is -0.389 e. The minimum atomic E-state index is -0.719. The van der Waals surface area contributed by atoms with Crippen LogP contribution in [-0.2, 0) is 0 Å². The van der Waals surface area contributed by atoms with Crippen LogP contribution in [0.15, 0.2) is 0 Å². The number of nitrogens with zero attached hydrogens (tertiary/aromatic N) is 1. The Morgan fingerprint density at radius 3 is 2.53 bits per heavy atom. The van der Waals surface area contributed by atoms with Gasteiger partial charge in [-0.15, -0.1) is 0 Å². The molecular weight excluding hydrogens is 188 g/mol. The van der Waals surface area contributed by atoms with Crippen LogP contribution >= 0.6 is 0 Å². The quantitative estimate of drug-likeness (QED) is 0.695. The lowest BCUT2D eigenvalue weighted by molar-refractivity contribution is 0.0326. The van der Waals surface area contributed by atoms with Gasteiger partial charge < -0.3 is 15.7 Å². The van der Waals surface area contributed by atoms with Gasteiger partial charge in [0.1, 0.15) is 0 Å². The highest BCUT2D eigenvalue weighted by atomic mass is 16.3. The molecule has 0 saturated heterocycles. The highest BCUT2D eigenvalue weighted by Gasteiger charge is 2.34. The molecule has 15 heavy (non-hydrogen) atoms. The van der Waals surface area contributed by atoms with Crippen LogP contribution in [-0.4, -0.2) is 41.8 Å². The second-order valence-corrected chi connectivity index (χ2v) is 5.67. The summed E-state index contributed by atoms with van der Waals surface area (Å²) in [6.45, 7) is 7.78. The Morgan fingerprint density at radius 1 is 1.60 bits per heavy atom. The van der Waals surface area contributed by atoms with Crippen LogP contribution in [0.2, 0.25) is 0 Å². The maximum absolute atomic E-state index is 9.89. The maximum atomic E-state index is 9.89. The molecule has 3 N–H and O–H groups in total. The Kier molecular flexibility index (Phi) is 4.15. The van der Waals surface area contributed by atoms with Crippen LogP contribution in [0, 0.1) is 11.8 Å². The molecule has 0 spiro atoms. The summed E-state index contributed by atoms with van der Waals surface area (Å²) < 4.78 is 0. The van der Waals surface area contributed by atoms with Gasteiger partial charge in [-0.05, 0) is 45.6 Å². The molecule has 0 aliphatic heterocycles. The lowest BCUT2D eigenvalue weighted by Crippen LogP contribution is -2.42. The molecule has 0 aromatic heterocycles. The molecular formula is C12H26N2O. The molecule has 1 saturated carbocycles. The molecule has 3 heteroatoms. The van der Waals surface area contributed by atoms with E-state index in [0.29, 0.717) is 12.6 Å². The third-order valence-electron chi connectivity index (χ3n) is 3.73. The fourth-order valence-corrected chi connectivity index (χ4v) is 2.08. The molecule has 3 nitrogen and oxygen atoms in total. The summed E-state index contributed by atoms with van der Waals surface area (Å²) in [6, 6.07) is 0.399. The third kappa shape index (κ3) is 4.09. The topological polar surface area (TPSA) is 49.5 Å². The normalized spacial score (nSPS) is 31.4. The molecule has 0 aromatic rings. The molecule has 90 valence electrons. The summed E-state index contributed by atoms with van der Waals surface area (Å²) in [5, 5.41) is 9.89. The van der Waals surface area contributed by atoms with Crippen LogP contribution in [0.4, 0.5) is 0 Å². The first kappa shape index (κ1) is 12.9.